The molecule has 3 aromatic rings. The number of cyclic esters (lactones) is 2. The Labute approximate surface area is 125 Å². The van der Waals surface area contributed by atoms with Crippen LogP contribution in [0.5, 0.6) is 11.5 Å². The molecule has 4 heteroatoms. The highest BCUT2D eigenvalue weighted by Gasteiger charge is 2.31. The SMILES string of the molecule is O=C1OC(=O)c2c1ccc1c(Oc3ccccc3)cccc21. The van der Waals surface area contributed by atoms with Gasteiger partial charge in [-0.2, -0.15) is 0 Å². The monoisotopic (exact) mass is 290 g/mol. The van der Waals surface area contributed by atoms with E-state index in [0.717, 1.165) is 5.39 Å². The maximum Gasteiger partial charge on any atom is 0.347 e. The van der Waals surface area contributed by atoms with Gasteiger partial charge in [0.1, 0.15) is 11.5 Å². The Morgan fingerprint density at radius 3 is 2.36 bits per heavy atom. The third kappa shape index (κ3) is 1.85. The quantitative estimate of drug-likeness (QED) is 0.530. The summed E-state index contributed by atoms with van der Waals surface area (Å²) in [6.07, 6.45) is 0. The summed E-state index contributed by atoms with van der Waals surface area (Å²) in [5.74, 6) is 0.117. The van der Waals surface area contributed by atoms with Crippen molar-refractivity contribution in [1.29, 1.82) is 0 Å². The molecule has 0 spiro atoms. The topological polar surface area (TPSA) is 52.6 Å². The first-order chi connectivity index (χ1) is 10.7. The van der Waals surface area contributed by atoms with Crippen molar-refractivity contribution < 1.29 is 19.1 Å². The van der Waals surface area contributed by atoms with Gasteiger partial charge in [-0.25, -0.2) is 9.59 Å². The molecule has 0 radical (unpaired) electrons. The van der Waals surface area contributed by atoms with Crippen LogP contribution in [0.2, 0.25) is 0 Å². The highest BCUT2D eigenvalue weighted by molar-refractivity contribution is 6.21. The molecule has 0 fully saturated rings. The molecule has 0 unspecified atom stereocenters. The third-order valence-electron chi connectivity index (χ3n) is 3.60. The minimum Gasteiger partial charge on any atom is -0.457 e. The van der Waals surface area contributed by atoms with Crippen LogP contribution in [0.25, 0.3) is 10.8 Å². The van der Waals surface area contributed by atoms with Gasteiger partial charge in [0.2, 0.25) is 0 Å². The van der Waals surface area contributed by atoms with Gasteiger partial charge in [-0.1, -0.05) is 30.3 Å². The van der Waals surface area contributed by atoms with Gasteiger partial charge in [0.15, 0.2) is 0 Å². The van der Waals surface area contributed by atoms with E-state index in [1.54, 1.807) is 24.3 Å². The number of carbonyl (C=O) groups excluding carboxylic acids is 2. The Hall–Kier alpha value is -3.14. The summed E-state index contributed by atoms with van der Waals surface area (Å²) in [5.41, 5.74) is 0.607. The number of benzene rings is 3. The van der Waals surface area contributed by atoms with Crippen LogP contribution >= 0.6 is 0 Å². The van der Waals surface area contributed by atoms with Crippen LogP contribution in [0.3, 0.4) is 0 Å². The standard InChI is InChI=1S/C18H10O4/c19-17-14-10-9-12-13(16(14)18(20)22-17)7-4-8-15(12)21-11-5-2-1-3-6-11/h1-10H. The summed E-state index contributed by atoms with van der Waals surface area (Å²) in [4.78, 5) is 23.5. The smallest absolute Gasteiger partial charge is 0.347 e. The van der Waals surface area contributed by atoms with Crippen molar-refractivity contribution in [3.8, 4) is 11.5 Å². The van der Waals surface area contributed by atoms with Crippen LogP contribution in [-0.2, 0) is 4.74 Å². The van der Waals surface area contributed by atoms with E-state index in [0.29, 0.717) is 28.0 Å². The molecule has 1 heterocycles. The molecule has 3 aromatic carbocycles. The Morgan fingerprint density at radius 2 is 1.55 bits per heavy atom. The summed E-state index contributed by atoms with van der Waals surface area (Å²) in [6, 6.07) is 18.1. The van der Waals surface area contributed by atoms with Crippen LogP contribution in [0.4, 0.5) is 0 Å². The van der Waals surface area contributed by atoms with Crippen LogP contribution < -0.4 is 4.74 Å². The first-order valence-corrected chi connectivity index (χ1v) is 6.79. The molecule has 0 aliphatic carbocycles. The second kappa shape index (κ2) is 4.70. The second-order valence-electron chi connectivity index (χ2n) is 4.93. The van der Waals surface area contributed by atoms with Gasteiger partial charge in [0.05, 0.1) is 11.1 Å². The molecule has 0 bridgehead atoms. The van der Waals surface area contributed by atoms with E-state index in [9.17, 15) is 9.59 Å². The zero-order chi connectivity index (χ0) is 15.1. The number of hydrogen-bond acceptors (Lipinski definition) is 4. The molecule has 0 amide bonds. The van der Waals surface area contributed by atoms with E-state index in [4.69, 9.17) is 4.74 Å². The Kier molecular flexibility index (Phi) is 2.69. The molecule has 4 nitrogen and oxygen atoms in total. The van der Waals surface area contributed by atoms with Crippen LogP contribution in [-0.4, -0.2) is 11.9 Å². The fraction of sp³-hybridized carbons (Fsp3) is 0. The Morgan fingerprint density at radius 1 is 0.727 bits per heavy atom. The number of fused-ring (bicyclic) bond motifs is 3. The molecular formula is C18H10O4. The Bertz CT molecular complexity index is 913. The van der Waals surface area contributed by atoms with E-state index >= 15 is 0 Å². The maximum atomic E-state index is 11.9. The van der Waals surface area contributed by atoms with Gasteiger partial charge in [-0.05, 0) is 30.3 Å². The van der Waals surface area contributed by atoms with Crippen LogP contribution in [0, 0.1) is 0 Å². The molecule has 0 N–H and O–H groups in total. The lowest BCUT2D eigenvalue weighted by Crippen LogP contribution is -1.97. The predicted molar refractivity (Wildman–Crippen MR) is 80.2 cm³/mol. The third-order valence-corrected chi connectivity index (χ3v) is 3.60. The van der Waals surface area contributed by atoms with Crippen molar-refractivity contribution >= 4 is 22.7 Å². The minimum absolute atomic E-state index is 0.300. The van der Waals surface area contributed by atoms with Gasteiger partial charge in [-0.3, -0.25) is 0 Å². The molecule has 1 aliphatic heterocycles. The van der Waals surface area contributed by atoms with Crippen molar-refractivity contribution in [3.05, 3.63) is 71.8 Å². The summed E-state index contributed by atoms with van der Waals surface area (Å²) < 4.78 is 10.6. The summed E-state index contributed by atoms with van der Waals surface area (Å²) >= 11 is 0. The molecule has 22 heavy (non-hydrogen) atoms. The summed E-state index contributed by atoms with van der Waals surface area (Å²) in [7, 11) is 0. The van der Waals surface area contributed by atoms with Crippen molar-refractivity contribution in [2.45, 2.75) is 0 Å². The molecule has 106 valence electrons. The van der Waals surface area contributed by atoms with Gasteiger partial charge in [0, 0.05) is 10.8 Å². The van der Waals surface area contributed by atoms with Crippen LogP contribution in [0.15, 0.2) is 60.7 Å². The predicted octanol–water partition coefficient (Wildman–Crippen LogP) is 3.94. The van der Waals surface area contributed by atoms with Gasteiger partial charge >= 0.3 is 11.9 Å². The highest BCUT2D eigenvalue weighted by atomic mass is 16.6. The molecule has 1 aliphatic rings. The Balaban J connectivity index is 1.90. The lowest BCUT2D eigenvalue weighted by molar-refractivity contribution is 0.0444. The maximum absolute atomic E-state index is 11.9. The molecule has 0 aromatic heterocycles. The van der Waals surface area contributed by atoms with Crippen molar-refractivity contribution in [3.63, 3.8) is 0 Å². The molecule has 0 saturated carbocycles. The second-order valence-corrected chi connectivity index (χ2v) is 4.93. The fourth-order valence-electron chi connectivity index (χ4n) is 2.61. The first kappa shape index (κ1) is 12.6. The van der Waals surface area contributed by atoms with E-state index in [-0.39, 0.29) is 0 Å². The number of esters is 2. The summed E-state index contributed by atoms with van der Waals surface area (Å²) in [6.45, 7) is 0. The molecule has 0 saturated heterocycles. The minimum atomic E-state index is -0.609. The lowest BCUT2D eigenvalue weighted by atomic mass is 10.00. The zero-order valence-corrected chi connectivity index (χ0v) is 11.4. The largest absolute Gasteiger partial charge is 0.457 e. The normalized spacial score (nSPS) is 13.1. The van der Waals surface area contributed by atoms with E-state index in [1.807, 2.05) is 36.4 Å². The molecule has 4 rings (SSSR count). The van der Waals surface area contributed by atoms with Crippen molar-refractivity contribution in [1.82, 2.24) is 0 Å². The number of ether oxygens (including phenoxy) is 2. The van der Waals surface area contributed by atoms with E-state index in [1.165, 1.54) is 0 Å². The number of para-hydroxylation sites is 1. The van der Waals surface area contributed by atoms with Gasteiger partial charge < -0.3 is 9.47 Å². The summed E-state index contributed by atoms with van der Waals surface area (Å²) in [5, 5.41) is 1.42. The number of carbonyl (C=O) groups is 2. The number of hydrogen-bond donors (Lipinski definition) is 0. The zero-order valence-electron chi connectivity index (χ0n) is 11.4. The average Bonchev–Trinajstić information content (AvgIpc) is 2.83. The van der Waals surface area contributed by atoms with Crippen LogP contribution in [0.1, 0.15) is 20.7 Å². The van der Waals surface area contributed by atoms with E-state index in [2.05, 4.69) is 4.74 Å². The average molecular weight is 290 g/mol. The lowest BCUT2D eigenvalue weighted by Gasteiger charge is -2.10. The molecular weight excluding hydrogens is 280 g/mol. The first-order valence-electron chi connectivity index (χ1n) is 6.79. The molecule has 0 atom stereocenters. The van der Waals surface area contributed by atoms with Crippen molar-refractivity contribution in [2.24, 2.45) is 0 Å². The van der Waals surface area contributed by atoms with E-state index < -0.39 is 11.9 Å². The fourth-order valence-corrected chi connectivity index (χ4v) is 2.61. The van der Waals surface area contributed by atoms with Gasteiger partial charge in [-0.15, -0.1) is 0 Å². The van der Waals surface area contributed by atoms with Crippen molar-refractivity contribution in [2.75, 3.05) is 0 Å². The highest BCUT2D eigenvalue weighted by Crippen LogP contribution is 2.35. The van der Waals surface area contributed by atoms with Gasteiger partial charge in [0.25, 0.3) is 0 Å². The number of rotatable bonds is 2.